The minimum Gasteiger partial charge on any atom is -0.618 e. The van der Waals surface area contributed by atoms with Crippen LogP contribution in [0, 0.1) is 10.6 Å². The summed E-state index contributed by atoms with van der Waals surface area (Å²) in [5.74, 6) is -0.774. The molecular weight excluding hydrogens is 300 g/mol. The number of carbonyl (C=O) groups is 1. The lowest BCUT2D eigenvalue weighted by atomic mass is 9.71. The number of halogens is 1. The molecule has 18 heavy (non-hydrogen) atoms. The number of nitrogens with zero attached hydrogens (tertiary/aromatic N) is 2. The number of hydrogen-bond donors (Lipinski definition) is 1. The topological polar surface area (TPSA) is 77.1 Å². The van der Waals surface area contributed by atoms with Crippen molar-refractivity contribution in [3.8, 4) is 0 Å². The van der Waals surface area contributed by atoms with Crippen molar-refractivity contribution >= 4 is 21.9 Å². The molecule has 1 aromatic heterocycles. The van der Waals surface area contributed by atoms with Gasteiger partial charge in [0.25, 0.3) is 4.60 Å². The first kappa shape index (κ1) is 13.3. The molecule has 1 aliphatic rings. The largest absolute Gasteiger partial charge is 0.618 e. The fourth-order valence-corrected chi connectivity index (χ4v) is 2.76. The highest BCUT2D eigenvalue weighted by Gasteiger charge is 2.40. The molecule has 2 rings (SSSR count). The molecule has 0 spiro atoms. The van der Waals surface area contributed by atoms with Crippen LogP contribution >= 0.6 is 15.9 Å². The molecule has 0 saturated heterocycles. The Morgan fingerprint density at radius 2 is 2.17 bits per heavy atom. The van der Waals surface area contributed by atoms with E-state index in [-0.39, 0.29) is 0 Å². The van der Waals surface area contributed by atoms with Gasteiger partial charge in [0.15, 0.2) is 0 Å². The smallest absolute Gasteiger partial charge is 0.310 e. The second kappa shape index (κ2) is 5.22. The molecule has 98 valence electrons. The van der Waals surface area contributed by atoms with Gasteiger partial charge in [0.1, 0.15) is 11.9 Å². The molecule has 1 saturated carbocycles. The van der Waals surface area contributed by atoms with E-state index in [1.54, 1.807) is 0 Å². The lowest BCUT2D eigenvalue weighted by Gasteiger charge is -2.32. The highest BCUT2D eigenvalue weighted by atomic mass is 79.9. The maximum Gasteiger partial charge on any atom is 0.310 e. The number of hydrogen-bond acceptors (Lipinski definition) is 3. The summed E-state index contributed by atoms with van der Waals surface area (Å²) < 4.78 is 1.00. The van der Waals surface area contributed by atoms with Gasteiger partial charge in [0.05, 0.1) is 5.41 Å². The Morgan fingerprint density at radius 3 is 2.72 bits per heavy atom. The highest BCUT2D eigenvalue weighted by Crippen LogP contribution is 2.39. The second-order valence-electron chi connectivity index (χ2n) is 4.85. The Bertz CT molecular complexity index is 459. The van der Waals surface area contributed by atoms with Crippen LogP contribution < -0.4 is 4.73 Å². The van der Waals surface area contributed by atoms with E-state index in [0.717, 1.165) is 19.3 Å². The Hall–Kier alpha value is -1.17. The van der Waals surface area contributed by atoms with Gasteiger partial charge in [-0.2, -0.15) is 4.73 Å². The lowest BCUT2D eigenvalue weighted by molar-refractivity contribution is -0.618. The molecular formula is C12H15BrN2O3. The maximum atomic E-state index is 11.5. The fourth-order valence-electron chi connectivity index (χ4n) is 2.56. The van der Waals surface area contributed by atoms with Gasteiger partial charge in [-0.05, 0) is 12.8 Å². The monoisotopic (exact) mass is 314 g/mol. The van der Waals surface area contributed by atoms with Crippen molar-refractivity contribution < 1.29 is 14.6 Å². The fraction of sp³-hybridized carbons (Fsp3) is 0.583. The van der Waals surface area contributed by atoms with E-state index in [4.69, 9.17) is 0 Å². The quantitative estimate of drug-likeness (QED) is 0.684. The number of carboxylic acids is 1. The molecule has 6 heteroatoms. The average molecular weight is 315 g/mol. The average Bonchev–Trinajstić information content (AvgIpc) is 2.35. The third-order valence-corrected chi connectivity index (χ3v) is 4.15. The van der Waals surface area contributed by atoms with Crippen LogP contribution in [-0.2, 0) is 11.2 Å². The van der Waals surface area contributed by atoms with Crippen LogP contribution in [0.1, 0.15) is 37.8 Å². The third-order valence-electron chi connectivity index (χ3n) is 3.60. The van der Waals surface area contributed by atoms with Gasteiger partial charge < -0.3 is 10.3 Å². The van der Waals surface area contributed by atoms with Crippen molar-refractivity contribution in [3.05, 3.63) is 27.9 Å². The summed E-state index contributed by atoms with van der Waals surface area (Å²) in [6.45, 7) is 0. The number of aromatic nitrogens is 2. The van der Waals surface area contributed by atoms with Gasteiger partial charge in [-0.1, -0.05) is 19.3 Å². The normalized spacial score (nSPS) is 18.5. The van der Waals surface area contributed by atoms with Gasteiger partial charge in [-0.25, -0.2) is 4.98 Å². The molecule has 0 unspecified atom stereocenters. The summed E-state index contributed by atoms with van der Waals surface area (Å²) in [5.41, 5.74) is -0.205. The van der Waals surface area contributed by atoms with E-state index >= 15 is 0 Å². The molecule has 1 N–H and O–H groups in total. The van der Waals surface area contributed by atoms with Crippen LogP contribution in [-0.4, -0.2) is 16.1 Å². The van der Waals surface area contributed by atoms with Crippen molar-refractivity contribution in [3.63, 3.8) is 0 Å². The summed E-state index contributed by atoms with van der Waals surface area (Å²) in [5, 5.41) is 20.9. The predicted octanol–water partition coefficient (Wildman–Crippen LogP) is 2.06. The molecule has 0 amide bonds. The molecule has 0 atom stereocenters. The minimum absolute atomic E-state index is 0.331. The molecule has 1 fully saturated rings. The molecule has 1 aromatic rings. The molecule has 0 aromatic carbocycles. The van der Waals surface area contributed by atoms with Gasteiger partial charge in [-0.15, -0.1) is 0 Å². The van der Waals surface area contributed by atoms with Crippen molar-refractivity contribution in [1.82, 2.24) is 4.98 Å². The first-order chi connectivity index (χ1) is 8.53. The van der Waals surface area contributed by atoms with Crippen molar-refractivity contribution in [2.75, 3.05) is 0 Å². The zero-order valence-corrected chi connectivity index (χ0v) is 11.5. The molecule has 0 bridgehead atoms. The van der Waals surface area contributed by atoms with E-state index in [1.165, 1.54) is 12.4 Å². The van der Waals surface area contributed by atoms with Crippen LogP contribution in [0.3, 0.4) is 0 Å². The van der Waals surface area contributed by atoms with E-state index in [1.807, 2.05) is 0 Å². The Labute approximate surface area is 114 Å². The number of rotatable bonds is 3. The lowest BCUT2D eigenvalue weighted by Crippen LogP contribution is -2.37. The summed E-state index contributed by atoms with van der Waals surface area (Å²) >= 11 is 3.07. The summed E-state index contributed by atoms with van der Waals surface area (Å²) in [4.78, 5) is 15.6. The van der Waals surface area contributed by atoms with Gasteiger partial charge in [0, 0.05) is 22.4 Å². The summed E-state index contributed by atoms with van der Waals surface area (Å²) in [7, 11) is 0. The van der Waals surface area contributed by atoms with E-state index < -0.39 is 11.4 Å². The molecule has 1 heterocycles. The third kappa shape index (κ3) is 2.63. The minimum atomic E-state index is -0.774. The zero-order valence-electron chi connectivity index (χ0n) is 9.93. The van der Waals surface area contributed by atoms with Gasteiger partial charge in [0.2, 0.25) is 6.20 Å². The Kier molecular flexibility index (Phi) is 3.85. The predicted molar refractivity (Wildman–Crippen MR) is 67.8 cm³/mol. The summed E-state index contributed by atoms with van der Waals surface area (Å²) in [6.07, 6.45) is 7.38. The first-order valence-electron chi connectivity index (χ1n) is 6.00. The second-order valence-corrected chi connectivity index (χ2v) is 5.66. The Morgan fingerprint density at radius 1 is 1.50 bits per heavy atom. The zero-order chi connectivity index (χ0) is 13.2. The van der Waals surface area contributed by atoms with E-state index in [2.05, 4.69) is 20.9 Å². The van der Waals surface area contributed by atoms with Crippen LogP contribution in [0.4, 0.5) is 0 Å². The van der Waals surface area contributed by atoms with Crippen LogP contribution in [0.15, 0.2) is 17.0 Å². The standard InChI is InChI=1S/C12H15BrN2O3/c13-10-7-14-9(8-15(10)18)6-12(11(16)17)4-2-1-3-5-12/h7-8H,1-6H2,(H,16,17). The Balaban J connectivity index is 2.23. The molecule has 0 radical (unpaired) electrons. The van der Waals surface area contributed by atoms with Gasteiger partial charge >= 0.3 is 5.97 Å². The van der Waals surface area contributed by atoms with Crippen LogP contribution in [0.5, 0.6) is 0 Å². The molecule has 1 aliphatic carbocycles. The summed E-state index contributed by atoms with van der Waals surface area (Å²) in [6, 6.07) is 0. The van der Waals surface area contributed by atoms with Gasteiger partial charge in [-0.3, -0.25) is 4.79 Å². The van der Waals surface area contributed by atoms with Crippen LogP contribution in [0.25, 0.3) is 0 Å². The molecule has 5 nitrogen and oxygen atoms in total. The van der Waals surface area contributed by atoms with Crippen LogP contribution in [0.2, 0.25) is 0 Å². The van der Waals surface area contributed by atoms with Crippen molar-refractivity contribution in [2.45, 2.75) is 38.5 Å². The number of aliphatic carboxylic acids is 1. The first-order valence-corrected chi connectivity index (χ1v) is 6.80. The van der Waals surface area contributed by atoms with E-state index in [0.29, 0.717) is 34.3 Å². The number of carboxylic acid groups (broad SMARTS) is 1. The maximum absolute atomic E-state index is 11.5. The highest BCUT2D eigenvalue weighted by molar-refractivity contribution is 9.10. The van der Waals surface area contributed by atoms with Crippen molar-refractivity contribution in [1.29, 1.82) is 0 Å². The SMILES string of the molecule is O=C(O)C1(Cc2c[n+]([O-])c(Br)cn2)CCCCC1. The van der Waals surface area contributed by atoms with E-state index in [9.17, 15) is 15.1 Å². The van der Waals surface area contributed by atoms with Crippen molar-refractivity contribution in [2.24, 2.45) is 5.41 Å². The molecule has 0 aliphatic heterocycles.